The Balaban J connectivity index is 1.86. The first-order valence-corrected chi connectivity index (χ1v) is 12.8. The molecule has 1 aromatic carbocycles. The molecule has 0 aromatic heterocycles. The van der Waals surface area contributed by atoms with Gasteiger partial charge in [0.2, 0.25) is 10.0 Å². The summed E-state index contributed by atoms with van der Waals surface area (Å²) in [6.07, 6.45) is 2.08. The number of sulfonamides is 1. The number of hydrogen-bond acceptors (Lipinski definition) is 4. The zero-order valence-electron chi connectivity index (χ0n) is 19.0. The predicted molar refractivity (Wildman–Crippen MR) is 125 cm³/mol. The first-order valence-electron chi connectivity index (χ1n) is 11.2. The van der Waals surface area contributed by atoms with Crippen molar-refractivity contribution in [2.75, 3.05) is 45.0 Å². The lowest BCUT2D eigenvalue weighted by Crippen LogP contribution is -2.49. The number of piperidine rings is 1. The van der Waals surface area contributed by atoms with Crippen molar-refractivity contribution in [3.05, 3.63) is 35.9 Å². The Morgan fingerprint density at radius 2 is 1.80 bits per heavy atom. The molecule has 1 saturated heterocycles. The minimum atomic E-state index is -3.25. The van der Waals surface area contributed by atoms with Crippen molar-refractivity contribution in [3.8, 4) is 0 Å². The van der Waals surface area contributed by atoms with Gasteiger partial charge in [-0.3, -0.25) is 9.89 Å². The molecule has 1 fully saturated rings. The SMILES string of the molecule is CCNC(=NCCS(=O)(=O)N(CC)CC)NC1CCN(C(C)c2ccccc2)CC1. The summed E-state index contributed by atoms with van der Waals surface area (Å²) in [5.41, 5.74) is 1.35. The molecule has 0 aliphatic carbocycles. The molecule has 0 saturated carbocycles. The van der Waals surface area contributed by atoms with E-state index in [1.165, 1.54) is 9.87 Å². The second kappa shape index (κ2) is 12.3. The van der Waals surface area contributed by atoms with Crippen LogP contribution in [0.3, 0.4) is 0 Å². The number of rotatable bonds is 10. The second-order valence-corrected chi connectivity index (χ2v) is 9.79. The zero-order valence-corrected chi connectivity index (χ0v) is 19.8. The van der Waals surface area contributed by atoms with Crippen molar-refractivity contribution < 1.29 is 8.42 Å². The Labute approximate surface area is 183 Å². The summed E-state index contributed by atoms with van der Waals surface area (Å²) in [7, 11) is -3.25. The van der Waals surface area contributed by atoms with Gasteiger partial charge in [0.25, 0.3) is 0 Å². The summed E-state index contributed by atoms with van der Waals surface area (Å²) in [5.74, 6) is 0.750. The summed E-state index contributed by atoms with van der Waals surface area (Å²) >= 11 is 0. The number of nitrogens with one attached hydrogen (secondary N) is 2. The largest absolute Gasteiger partial charge is 0.357 e. The Morgan fingerprint density at radius 1 is 1.17 bits per heavy atom. The van der Waals surface area contributed by atoms with Gasteiger partial charge in [0.15, 0.2) is 5.96 Å². The maximum Gasteiger partial charge on any atom is 0.215 e. The Morgan fingerprint density at radius 3 is 2.37 bits per heavy atom. The third-order valence-electron chi connectivity index (χ3n) is 5.76. The van der Waals surface area contributed by atoms with Gasteiger partial charge in [-0.05, 0) is 32.3 Å². The number of aliphatic imine (C=N–C) groups is 1. The Kier molecular flexibility index (Phi) is 10.1. The molecule has 0 spiro atoms. The van der Waals surface area contributed by atoms with Crippen LogP contribution in [0.1, 0.15) is 52.1 Å². The molecule has 8 heteroatoms. The summed E-state index contributed by atoms with van der Waals surface area (Å²) in [4.78, 5) is 7.04. The second-order valence-electron chi connectivity index (χ2n) is 7.70. The topological polar surface area (TPSA) is 77.0 Å². The summed E-state index contributed by atoms with van der Waals surface area (Å²) < 4.78 is 26.2. The molecule has 1 aliphatic heterocycles. The van der Waals surface area contributed by atoms with Crippen LogP contribution in [0.4, 0.5) is 0 Å². The zero-order chi connectivity index (χ0) is 22.0. The van der Waals surface area contributed by atoms with Crippen LogP contribution in [-0.2, 0) is 10.0 Å². The van der Waals surface area contributed by atoms with Crippen LogP contribution in [0.15, 0.2) is 35.3 Å². The van der Waals surface area contributed by atoms with Crippen molar-refractivity contribution in [3.63, 3.8) is 0 Å². The quantitative estimate of drug-likeness (QED) is 0.434. The third-order valence-corrected chi connectivity index (χ3v) is 7.76. The van der Waals surface area contributed by atoms with E-state index in [2.05, 4.69) is 57.8 Å². The standard InChI is InChI=1S/C22H39N5O2S/c1-5-23-22(24-15-18-30(28,29)27(6-2)7-3)25-21-13-16-26(17-14-21)19(4)20-11-9-8-10-12-20/h8-12,19,21H,5-7,13-18H2,1-4H3,(H2,23,24,25). The minimum Gasteiger partial charge on any atom is -0.357 e. The van der Waals surface area contributed by atoms with E-state index in [4.69, 9.17) is 0 Å². The van der Waals surface area contributed by atoms with Crippen molar-refractivity contribution in [1.82, 2.24) is 19.8 Å². The fraction of sp³-hybridized carbons (Fsp3) is 0.682. The lowest BCUT2D eigenvalue weighted by atomic mass is 10.0. The maximum absolute atomic E-state index is 12.3. The van der Waals surface area contributed by atoms with Crippen molar-refractivity contribution in [2.45, 2.75) is 52.6 Å². The molecule has 1 aromatic rings. The minimum absolute atomic E-state index is 0.0400. The normalized spacial score (nSPS) is 17.8. The molecular weight excluding hydrogens is 398 g/mol. The molecule has 7 nitrogen and oxygen atoms in total. The van der Waals surface area contributed by atoms with Gasteiger partial charge in [-0.15, -0.1) is 0 Å². The molecule has 30 heavy (non-hydrogen) atoms. The third kappa shape index (κ3) is 7.25. The highest BCUT2D eigenvalue weighted by molar-refractivity contribution is 7.89. The van der Waals surface area contributed by atoms with Crippen LogP contribution in [0.5, 0.6) is 0 Å². The van der Waals surface area contributed by atoms with Crippen LogP contribution < -0.4 is 10.6 Å². The maximum atomic E-state index is 12.3. The lowest BCUT2D eigenvalue weighted by molar-refractivity contribution is 0.158. The number of benzene rings is 1. The van der Waals surface area contributed by atoms with Crippen molar-refractivity contribution >= 4 is 16.0 Å². The fourth-order valence-electron chi connectivity index (χ4n) is 3.91. The van der Waals surface area contributed by atoms with Crippen LogP contribution >= 0.6 is 0 Å². The van der Waals surface area contributed by atoms with Crippen LogP contribution in [-0.4, -0.2) is 74.6 Å². The number of likely N-dealkylation sites (tertiary alicyclic amines) is 1. The molecule has 1 aliphatic rings. The van der Waals surface area contributed by atoms with Gasteiger partial charge >= 0.3 is 0 Å². The lowest BCUT2D eigenvalue weighted by Gasteiger charge is -2.37. The smallest absolute Gasteiger partial charge is 0.215 e. The van der Waals surface area contributed by atoms with Crippen LogP contribution in [0.2, 0.25) is 0 Å². The van der Waals surface area contributed by atoms with Gasteiger partial charge in [0.05, 0.1) is 12.3 Å². The van der Waals surface area contributed by atoms with E-state index in [1.54, 1.807) is 0 Å². The Bertz CT molecular complexity index is 742. The van der Waals surface area contributed by atoms with E-state index < -0.39 is 10.0 Å². The molecule has 1 unspecified atom stereocenters. The van der Waals surface area contributed by atoms with E-state index in [9.17, 15) is 8.42 Å². The molecule has 1 atom stereocenters. The number of guanidine groups is 1. The average Bonchev–Trinajstić information content (AvgIpc) is 2.75. The van der Waals surface area contributed by atoms with Gasteiger partial charge < -0.3 is 10.6 Å². The van der Waals surface area contributed by atoms with Crippen molar-refractivity contribution in [2.24, 2.45) is 4.99 Å². The summed E-state index contributed by atoms with van der Waals surface area (Å²) in [6, 6.07) is 11.4. The summed E-state index contributed by atoms with van der Waals surface area (Å²) in [5, 5.41) is 6.75. The molecule has 2 rings (SSSR count). The van der Waals surface area contributed by atoms with Gasteiger partial charge in [-0.1, -0.05) is 44.2 Å². The first kappa shape index (κ1) is 24.6. The van der Waals surface area contributed by atoms with Gasteiger partial charge in [0, 0.05) is 44.8 Å². The molecular formula is C22H39N5O2S. The molecule has 0 amide bonds. The first-order chi connectivity index (χ1) is 14.4. The number of nitrogens with zero attached hydrogens (tertiary/aromatic N) is 3. The van der Waals surface area contributed by atoms with Gasteiger partial charge in [0.1, 0.15) is 0 Å². The van der Waals surface area contributed by atoms with Crippen molar-refractivity contribution in [1.29, 1.82) is 0 Å². The highest BCUT2D eigenvalue weighted by atomic mass is 32.2. The van der Waals surface area contributed by atoms with Crippen LogP contribution in [0, 0.1) is 0 Å². The summed E-state index contributed by atoms with van der Waals surface area (Å²) in [6.45, 7) is 12.1. The van der Waals surface area contributed by atoms with E-state index >= 15 is 0 Å². The highest BCUT2D eigenvalue weighted by Gasteiger charge is 2.24. The molecule has 1 heterocycles. The molecule has 2 N–H and O–H groups in total. The van der Waals surface area contributed by atoms with Gasteiger partial charge in [-0.25, -0.2) is 12.7 Å². The molecule has 0 radical (unpaired) electrons. The van der Waals surface area contributed by atoms with E-state index in [0.717, 1.165) is 32.5 Å². The van der Waals surface area contributed by atoms with E-state index in [0.29, 0.717) is 31.1 Å². The fourth-order valence-corrected chi connectivity index (χ4v) is 5.27. The van der Waals surface area contributed by atoms with Gasteiger partial charge in [-0.2, -0.15) is 0 Å². The predicted octanol–water partition coefficient (Wildman–Crippen LogP) is 2.44. The monoisotopic (exact) mass is 437 g/mol. The average molecular weight is 438 g/mol. The number of hydrogen-bond donors (Lipinski definition) is 2. The Hall–Kier alpha value is -1.64. The van der Waals surface area contributed by atoms with Crippen LogP contribution in [0.25, 0.3) is 0 Å². The molecule has 0 bridgehead atoms. The van der Waals surface area contributed by atoms with E-state index in [-0.39, 0.29) is 12.3 Å². The molecule has 170 valence electrons. The van der Waals surface area contributed by atoms with E-state index in [1.807, 2.05) is 20.8 Å². The highest BCUT2D eigenvalue weighted by Crippen LogP contribution is 2.23.